The predicted octanol–water partition coefficient (Wildman–Crippen LogP) is 4.05. The summed E-state index contributed by atoms with van der Waals surface area (Å²) in [6, 6.07) is 13.1. The quantitative estimate of drug-likeness (QED) is 0.738. The number of anilines is 2. The first-order valence-electron chi connectivity index (χ1n) is 7.24. The molecule has 0 bridgehead atoms. The molecule has 2 N–H and O–H groups in total. The summed E-state index contributed by atoms with van der Waals surface area (Å²) in [7, 11) is 0. The summed E-state index contributed by atoms with van der Waals surface area (Å²) in [5.74, 6) is 0. The lowest BCUT2D eigenvalue weighted by Gasteiger charge is -2.25. The molecule has 0 saturated heterocycles. The van der Waals surface area contributed by atoms with Gasteiger partial charge in [-0.05, 0) is 48.6 Å². The van der Waals surface area contributed by atoms with Crippen molar-refractivity contribution in [3.8, 4) is 0 Å². The Hall–Kier alpha value is -2.07. The number of benzene rings is 1. The molecule has 1 fully saturated rings. The maximum atomic E-state index is 5.88. The molecule has 1 aliphatic carbocycles. The van der Waals surface area contributed by atoms with Crippen molar-refractivity contribution < 1.29 is 0 Å². The summed E-state index contributed by atoms with van der Waals surface area (Å²) in [5, 5.41) is 3.33. The molecule has 4 heteroatoms. The molecular weight excluding hydrogens is 278 g/mol. The van der Waals surface area contributed by atoms with E-state index >= 15 is 0 Å². The Balaban J connectivity index is 1.78. The van der Waals surface area contributed by atoms with E-state index in [1.807, 2.05) is 29.7 Å². The zero-order valence-corrected chi connectivity index (χ0v) is 12.5. The molecule has 3 aromatic rings. The monoisotopic (exact) mass is 295 g/mol. The Morgan fingerprint density at radius 3 is 2.90 bits per heavy atom. The number of fused-ring (bicyclic) bond motifs is 1. The van der Waals surface area contributed by atoms with E-state index in [4.69, 9.17) is 5.73 Å². The molecule has 1 aromatic carbocycles. The van der Waals surface area contributed by atoms with E-state index in [0.717, 1.165) is 17.7 Å². The fraction of sp³-hybridized carbons (Fsp3) is 0.235. The smallest absolute Gasteiger partial charge is 0.0743 e. The summed E-state index contributed by atoms with van der Waals surface area (Å²) in [4.78, 5) is 8.38. The molecule has 1 saturated carbocycles. The fourth-order valence-corrected chi connectivity index (χ4v) is 3.47. The minimum absolute atomic E-state index is 0.662. The fourth-order valence-electron chi connectivity index (χ4n) is 2.77. The van der Waals surface area contributed by atoms with Gasteiger partial charge in [0.25, 0.3) is 0 Å². The maximum Gasteiger partial charge on any atom is 0.0743 e. The first-order valence-corrected chi connectivity index (χ1v) is 8.12. The van der Waals surface area contributed by atoms with Gasteiger partial charge < -0.3 is 10.6 Å². The standard InChI is InChI=1S/C17H17N3S/c18-12-3-6-15-16(10-12)19-8-7-17(15)20(13-4-5-13)11-14-2-1-9-21-14/h1-3,6-10,13H,4-5,11,18H2. The lowest BCUT2D eigenvalue weighted by atomic mass is 10.1. The summed E-state index contributed by atoms with van der Waals surface area (Å²) in [5.41, 5.74) is 8.90. The Bertz CT molecular complexity index is 763. The van der Waals surface area contributed by atoms with Crippen molar-refractivity contribution in [2.24, 2.45) is 0 Å². The Kier molecular flexibility index (Phi) is 3.04. The summed E-state index contributed by atoms with van der Waals surface area (Å²) >= 11 is 1.82. The number of rotatable bonds is 4. The molecule has 21 heavy (non-hydrogen) atoms. The van der Waals surface area contributed by atoms with Crippen LogP contribution in [-0.2, 0) is 6.54 Å². The van der Waals surface area contributed by atoms with Gasteiger partial charge in [-0.3, -0.25) is 4.98 Å². The number of thiophene rings is 1. The van der Waals surface area contributed by atoms with Gasteiger partial charge in [0.1, 0.15) is 0 Å². The van der Waals surface area contributed by atoms with Gasteiger partial charge in [-0.2, -0.15) is 0 Å². The van der Waals surface area contributed by atoms with Crippen LogP contribution in [0.1, 0.15) is 17.7 Å². The number of pyridine rings is 1. The van der Waals surface area contributed by atoms with Crippen molar-refractivity contribution >= 4 is 33.6 Å². The largest absolute Gasteiger partial charge is 0.399 e. The Morgan fingerprint density at radius 2 is 2.14 bits per heavy atom. The van der Waals surface area contributed by atoms with Crippen molar-refractivity contribution in [3.63, 3.8) is 0 Å². The molecule has 0 radical (unpaired) electrons. The molecule has 2 aromatic heterocycles. The van der Waals surface area contributed by atoms with Gasteiger partial charge in [-0.25, -0.2) is 0 Å². The van der Waals surface area contributed by atoms with Crippen LogP contribution in [0, 0.1) is 0 Å². The van der Waals surface area contributed by atoms with Crippen LogP contribution in [-0.4, -0.2) is 11.0 Å². The van der Waals surface area contributed by atoms with Crippen molar-refractivity contribution in [1.82, 2.24) is 4.98 Å². The SMILES string of the molecule is Nc1ccc2c(N(Cc3cccs3)C3CC3)ccnc2c1. The average Bonchev–Trinajstić information content (AvgIpc) is 3.21. The van der Waals surface area contributed by atoms with Crippen molar-refractivity contribution in [2.75, 3.05) is 10.6 Å². The molecule has 0 amide bonds. The van der Waals surface area contributed by atoms with Gasteiger partial charge in [-0.1, -0.05) is 6.07 Å². The van der Waals surface area contributed by atoms with Crippen LogP contribution in [0.3, 0.4) is 0 Å². The second-order valence-corrected chi connectivity index (χ2v) is 6.58. The van der Waals surface area contributed by atoms with E-state index in [2.05, 4.69) is 39.5 Å². The number of nitrogen functional groups attached to an aromatic ring is 1. The molecule has 1 aliphatic rings. The van der Waals surface area contributed by atoms with E-state index in [1.165, 1.54) is 28.8 Å². The van der Waals surface area contributed by atoms with E-state index < -0.39 is 0 Å². The van der Waals surface area contributed by atoms with Crippen molar-refractivity contribution in [1.29, 1.82) is 0 Å². The van der Waals surface area contributed by atoms with Gasteiger partial charge in [0.2, 0.25) is 0 Å². The first kappa shape index (κ1) is 12.7. The maximum absolute atomic E-state index is 5.88. The first-order chi connectivity index (χ1) is 10.3. The highest BCUT2D eigenvalue weighted by Gasteiger charge is 2.30. The molecule has 106 valence electrons. The third kappa shape index (κ3) is 2.47. The van der Waals surface area contributed by atoms with Crippen LogP contribution in [0.15, 0.2) is 48.0 Å². The zero-order chi connectivity index (χ0) is 14.2. The minimum Gasteiger partial charge on any atom is -0.399 e. The summed E-state index contributed by atoms with van der Waals surface area (Å²) in [6.07, 6.45) is 4.45. The molecule has 0 atom stereocenters. The highest BCUT2D eigenvalue weighted by Crippen LogP contribution is 2.37. The van der Waals surface area contributed by atoms with E-state index in [9.17, 15) is 0 Å². The van der Waals surface area contributed by atoms with Crippen LogP contribution in [0.2, 0.25) is 0 Å². The average molecular weight is 295 g/mol. The third-order valence-corrected chi connectivity index (χ3v) is 4.81. The predicted molar refractivity (Wildman–Crippen MR) is 89.7 cm³/mol. The topological polar surface area (TPSA) is 42.1 Å². The highest BCUT2D eigenvalue weighted by molar-refractivity contribution is 7.09. The summed E-state index contributed by atoms with van der Waals surface area (Å²) in [6.45, 7) is 0.978. The molecule has 0 spiro atoms. The van der Waals surface area contributed by atoms with Crippen LogP contribution >= 0.6 is 11.3 Å². The number of aromatic nitrogens is 1. The van der Waals surface area contributed by atoms with Crippen molar-refractivity contribution in [3.05, 3.63) is 52.9 Å². The minimum atomic E-state index is 0.662. The van der Waals surface area contributed by atoms with E-state index in [-0.39, 0.29) is 0 Å². The molecule has 4 rings (SSSR count). The Morgan fingerprint density at radius 1 is 1.24 bits per heavy atom. The highest BCUT2D eigenvalue weighted by atomic mass is 32.1. The van der Waals surface area contributed by atoms with Gasteiger partial charge in [0.05, 0.1) is 12.1 Å². The zero-order valence-electron chi connectivity index (χ0n) is 11.7. The number of hydrogen-bond donors (Lipinski definition) is 1. The number of hydrogen-bond acceptors (Lipinski definition) is 4. The Labute approximate surface area is 128 Å². The lowest BCUT2D eigenvalue weighted by Crippen LogP contribution is -2.24. The van der Waals surface area contributed by atoms with Gasteiger partial charge in [-0.15, -0.1) is 11.3 Å². The lowest BCUT2D eigenvalue weighted by molar-refractivity contribution is 0.807. The van der Waals surface area contributed by atoms with Crippen LogP contribution in [0.25, 0.3) is 10.9 Å². The van der Waals surface area contributed by atoms with E-state index in [1.54, 1.807) is 0 Å². The molecule has 0 aliphatic heterocycles. The molecule has 2 heterocycles. The van der Waals surface area contributed by atoms with Crippen LogP contribution in [0.5, 0.6) is 0 Å². The third-order valence-electron chi connectivity index (χ3n) is 3.95. The van der Waals surface area contributed by atoms with Gasteiger partial charge in [0, 0.05) is 33.9 Å². The van der Waals surface area contributed by atoms with E-state index in [0.29, 0.717) is 6.04 Å². The molecular formula is C17H17N3S. The second-order valence-electron chi connectivity index (χ2n) is 5.55. The second kappa shape index (κ2) is 5.04. The van der Waals surface area contributed by atoms with Crippen LogP contribution in [0.4, 0.5) is 11.4 Å². The summed E-state index contributed by atoms with van der Waals surface area (Å²) < 4.78 is 0. The number of nitrogens with two attached hydrogens (primary N) is 1. The van der Waals surface area contributed by atoms with Crippen molar-refractivity contribution in [2.45, 2.75) is 25.4 Å². The molecule has 3 nitrogen and oxygen atoms in total. The number of nitrogens with zero attached hydrogens (tertiary/aromatic N) is 2. The van der Waals surface area contributed by atoms with Crippen LogP contribution < -0.4 is 10.6 Å². The molecule has 0 unspecified atom stereocenters. The normalized spacial score (nSPS) is 14.5. The van der Waals surface area contributed by atoms with Gasteiger partial charge in [0.15, 0.2) is 0 Å². The van der Waals surface area contributed by atoms with Gasteiger partial charge >= 0.3 is 0 Å².